The van der Waals surface area contributed by atoms with Gasteiger partial charge in [-0.3, -0.25) is 9.59 Å². The van der Waals surface area contributed by atoms with Gasteiger partial charge in [-0.05, 0) is 17.7 Å². The maximum Gasteiger partial charge on any atom is 0.232 e. The topological polar surface area (TPSA) is 86.3 Å². The number of Topliss-reactive ketones (excluding diaryl/α,β-unsaturated/α-hetero) is 1. The van der Waals surface area contributed by atoms with Gasteiger partial charge in [-0.2, -0.15) is 0 Å². The van der Waals surface area contributed by atoms with Crippen molar-refractivity contribution in [3.63, 3.8) is 0 Å². The lowest BCUT2D eigenvalue weighted by Crippen LogP contribution is -2.22. The molecule has 0 spiro atoms. The van der Waals surface area contributed by atoms with E-state index in [9.17, 15) is 19.5 Å². The summed E-state index contributed by atoms with van der Waals surface area (Å²) in [5, 5.41) is 13.2. The smallest absolute Gasteiger partial charge is 0.232 e. The highest BCUT2D eigenvalue weighted by Crippen LogP contribution is 2.11. The van der Waals surface area contributed by atoms with Crippen LogP contribution in [-0.2, 0) is 4.79 Å². The fourth-order valence-electron chi connectivity index (χ4n) is 1.80. The lowest BCUT2D eigenvalue weighted by Gasteiger charge is -2.07. The first-order chi connectivity index (χ1) is 10.1. The molecule has 0 aliphatic carbocycles. The van der Waals surface area contributed by atoms with Crippen molar-refractivity contribution in [3.05, 3.63) is 65.7 Å². The Labute approximate surface area is 121 Å². The van der Waals surface area contributed by atoms with Crippen LogP contribution in [-0.4, -0.2) is 17.7 Å². The highest BCUT2D eigenvalue weighted by Gasteiger charge is 2.11. The molecule has 2 aromatic rings. The molecule has 0 heterocycles. The molecule has 2 rings (SSSR count). The minimum Gasteiger partial charge on any atom is -0.545 e. The fraction of sp³-hybridized carbons (Fsp3) is 0.0625. The Bertz CT molecular complexity index is 680. The summed E-state index contributed by atoms with van der Waals surface area (Å²) in [6.45, 7) is 0. The van der Waals surface area contributed by atoms with Gasteiger partial charge in [0.05, 0.1) is 12.4 Å². The van der Waals surface area contributed by atoms with Crippen LogP contribution in [0, 0.1) is 0 Å². The normalized spacial score (nSPS) is 9.90. The van der Waals surface area contributed by atoms with E-state index >= 15 is 0 Å². The first kappa shape index (κ1) is 14.5. The number of carbonyl (C=O) groups excluding carboxylic acids is 3. The molecule has 1 N–H and O–H groups in total. The maximum absolute atomic E-state index is 11.9. The van der Waals surface area contributed by atoms with E-state index in [2.05, 4.69) is 5.32 Å². The zero-order valence-corrected chi connectivity index (χ0v) is 11.0. The number of carbonyl (C=O) groups is 3. The Morgan fingerprint density at radius 3 is 2.24 bits per heavy atom. The van der Waals surface area contributed by atoms with Crippen LogP contribution in [0.2, 0.25) is 0 Å². The summed E-state index contributed by atoms with van der Waals surface area (Å²) in [6.07, 6.45) is -0.306. The number of nitrogens with one attached hydrogen (secondary N) is 1. The van der Waals surface area contributed by atoms with Crippen molar-refractivity contribution < 1.29 is 19.5 Å². The Kier molecular flexibility index (Phi) is 4.46. The second kappa shape index (κ2) is 6.47. The Morgan fingerprint density at radius 1 is 0.905 bits per heavy atom. The van der Waals surface area contributed by atoms with Crippen molar-refractivity contribution in [2.24, 2.45) is 0 Å². The number of amides is 1. The van der Waals surface area contributed by atoms with E-state index in [-0.39, 0.29) is 17.8 Å². The molecule has 0 aliphatic rings. The number of ketones is 1. The quantitative estimate of drug-likeness (QED) is 0.660. The van der Waals surface area contributed by atoms with Gasteiger partial charge < -0.3 is 15.2 Å². The predicted octanol–water partition coefficient (Wildman–Crippen LogP) is 1.26. The second-order valence-corrected chi connectivity index (χ2v) is 4.38. The molecule has 1 amide bonds. The van der Waals surface area contributed by atoms with Crippen molar-refractivity contribution in [1.29, 1.82) is 0 Å². The average Bonchev–Trinajstić information content (AvgIpc) is 2.48. The largest absolute Gasteiger partial charge is 0.545 e. The molecule has 0 bridgehead atoms. The molecule has 0 saturated heterocycles. The molecule has 5 nitrogen and oxygen atoms in total. The summed E-state index contributed by atoms with van der Waals surface area (Å²) in [5.74, 6) is -2.13. The predicted molar refractivity (Wildman–Crippen MR) is 74.8 cm³/mol. The lowest BCUT2D eigenvalue weighted by molar-refractivity contribution is -0.255. The van der Waals surface area contributed by atoms with E-state index in [0.29, 0.717) is 11.3 Å². The molecule has 5 heteroatoms. The number of rotatable bonds is 5. The van der Waals surface area contributed by atoms with Crippen LogP contribution in [0.15, 0.2) is 54.6 Å². The van der Waals surface area contributed by atoms with Crippen molar-refractivity contribution in [1.82, 2.24) is 0 Å². The number of hydrogen-bond donors (Lipinski definition) is 1. The molecule has 21 heavy (non-hydrogen) atoms. The van der Waals surface area contributed by atoms with E-state index in [1.54, 1.807) is 30.3 Å². The van der Waals surface area contributed by atoms with Crippen LogP contribution in [0.25, 0.3) is 0 Å². The number of carboxylic acid groups (broad SMARTS) is 1. The zero-order chi connectivity index (χ0) is 15.2. The van der Waals surface area contributed by atoms with Crippen LogP contribution in [0.5, 0.6) is 0 Å². The van der Waals surface area contributed by atoms with Crippen LogP contribution in [0.3, 0.4) is 0 Å². The van der Waals surface area contributed by atoms with Gasteiger partial charge >= 0.3 is 0 Å². The molecule has 0 fully saturated rings. The Balaban J connectivity index is 2.00. The van der Waals surface area contributed by atoms with Gasteiger partial charge in [-0.1, -0.05) is 42.5 Å². The maximum atomic E-state index is 11.9. The van der Waals surface area contributed by atoms with Crippen molar-refractivity contribution in [2.75, 3.05) is 5.32 Å². The summed E-state index contributed by atoms with van der Waals surface area (Å²) in [7, 11) is 0. The second-order valence-electron chi connectivity index (χ2n) is 4.38. The monoisotopic (exact) mass is 282 g/mol. The minimum absolute atomic E-state index is 0.0396. The van der Waals surface area contributed by atoms with Gasteiger partial charge in [0.2, 0.25) is 5.91 Å². The summed E-state index contributed by atoms with van der Waals surface area (Å²) in [4.78, 5) is 34.4. The lowest BCUT2D eigenvalue weighted by atomic mass is 10.1. The highest BCUT2D eigenvalue weighted by atomic mass is 16.4. The molecule has 106 valence electrons. The average molecular weight is 282 g/mol. The molecule has 0 aliphatic heterocycles. The van der Waals surface area contributed by atoms with Crippen LogP contribution in [0.1, 0.15) is 27.1 Å². The third-order valence-corrected chi connectivity index (χ3v) is 2.80. The molecule has 0 radical (unpaired) electrons. The fourth-order valence-corrected chi connectivity index (χ4v) is 1.80. The zero-order valence-electron chi connectivity index (χ0n) is 11.0. The minimum atomic E-state index is -1.33. The van der Waals surface area contributed by atoms with Crippen LogP contribution >= 0.6 is 0 Å². The van der Waals surface area contributed by atoms with Gasteiger partial charge in [0, 0.05) is 11.3 Å². The van der Waals surface area contributed by atoms with Crippen molar-refractivity contribution in [2.45, 2.75) is 6.42 Å². The number of hydrogen-bond acceptors (Lipinski definition) is 4. The first-order valence-corrected chi connectivity index (χ1v) is 6.26. The summed E-state index contributed by atoms with van der Waals surface area (Å²) >= 11 is 0. The van der Waals surface area contributed by atoms with E-state index in [0.717, 1.165) is 0 Å². The molecule has 2 aromatic carbocycles. The van der Waals surface area contributed by atoms with E-state index in [1.165, 1.54) is 24.3 Å². The summed E-state index contributed by atoms with van der Waals surface area (Å²) in [6, 6.07) is 14.1. The standard InChI is InChI=1S/C16H13NO4/c18-14(11-5-2-1-3-6-11)10-15(19)17-13-8-4-7-12(9-13)16(20)21/h1-9H,10H2,(H,17,19)(H,20,21)/p-1. The Hall–Kier alpha value is -2.95. The Morgan fingerprint density at radius 2 is 1.57 bits per heavy atom. The van der Waals surface area contributed by atoms with Crippen molar-refractivity contribution in [3.8, 4) is 0 Å². The molecule has 0 atom stereocenters. The number of anilines is 1. The van der Waals surface area contributed by atoms with Crippen LogP contribution in [0.4, 0.5) is 5.69 Å². The van der Waals surface area contributed by atoms with Crippen LogP contribution < -0.4 is 10.4 Å². The first-order valence-electron chi connectivity index (χ1n) is 6.26. The van der Waals surface area contributed by atoms with Gasteiger partial charge in [0.25, 0.3) is 0 Å². The van der Waals surface area contributed by atoms with Gasteiger partial charge in [-0.25, -0.2) is 0 Å². The van der Waals surface area contributed by atoms with E-state index in [1.807, 2.05) is 0 Å². The number of benzene rings is 2. The van der Waals surface area contributed by atoms with Gasteiger partial charge in [0.15, 0.2) is 5.78 Å². The molecule has 0 saturated carbocycles. The van der Waals surface area contributed by atoms with E-state index < -0.39 is 11.9 Å². The molecular weight excluding hydrogens is 270 g/mol. The molecule has 0 unspecified atom stereocenters. The van der Waals surface area contributed by atoms with Crippen molar-refractivity contribution >= 4 is 23.3 Å². The number of aromatic carboxylic acids is 1. The third kappa shape index (κ3) is 4.01. The third-order valence-electron chi connectivity index (χ3n) is 2.80. The summed E-state index contributed by atoms with van der Waals surface area (Å²) < 4.78 is 0. The molecule has 0 aromatic heterocycles. The van der Waals surface area contributed by atoms with Gasteiger partial charge in [0.1, 0.15) is 0 Å². The SMILES string of the molecule is O=C(CC(=O)c1ccccc1)Nc1cccc(C(=O)[O-])c1. The molecular formula is C16H12NO4-. The summed E-state index contributed by atoms with van der Waals surface area (Å²) in [5.41, 5.74) is 0.723. The number of carboxylic acids is 1. The van der Waals surface area contributed by atoms with Gasteiger partial charge in [-0.15, -0.1) is 0 Å². The van der Waals surface area contributed by atoms with E-state index in [4.69, 9.17) is 0 Å². The highest BCUT2D eigenvalue weighted by molar-refractivity contribution is 6.11.